The number of hydrogen-bond acceptors (Lipinski definition) is 6. The van der Waals surface area contributed by atoms with Crippen molar-refractivity contribution in [1.82, 2.24) is 9.62 Å². The summed E-state index contributed by atoms with van der Waals surface area (Å²) in [6.07, 6.45) is 0.0287. The highest BCUT2D eigenvalue weighted by atomic mass is 32.2. The van der Waals surface area contributed by atoms with Gasteiger partial charge in [-0.1, -0.05) is 0 Å². The molecule has 1 amide bonds. The highest BCUT2D eigenvalue weighted by Crippen LogP contribution is 2.21. The molecule has 0 radical (unpaired) electrons. The van der Waals surface area contributed by atoms with E-state index < -0.39 is 31.8 Å². The van der Waals surface area contributed by atoms with E-state index in [9.17, 15) is 21.6 Å². The van der Waals surface area contributed by atoms with Crippen molar-refractivity contribution in [1.29, 1.82) is 0 Å². The smallest absolute Gasteiger partial charge is 0.251 e. The van der Waals surface area contributed by atoms with E-state index in [-0.39, 0.29) is 41.7 Å². The minimum atomic E-state index is -3.67. The number of carbonyl (C=O) groups excluding carboxylic acids is 1. The van der Waals surface area contributed by atoms with Crippen LogP contribution in [0.1, 0.15) is 30.6 Å². The van der Waals surface area contributed by atoms with Crippen LogP contribution in [-0.4, -0.2) is 69.9 Å². The SMILES string of the molecule is C[C@@H]1CN(S(=O)(=O)c2ccc(C(=O)N[C@H]3CCS(=O)(=O)C3)cc2)C[C@H](C)O1. The summed E-state index contributed by atoms with van der Waals surface area (Å²) >= 11 is 0. The number of morpholine rings is 1. The molecule has 10 heteroatoms. The van der Waals surface area contributed by atoms with E-state index in [1.54, 1.807) is 0 Å². The molecule has 3 rings (SSSR count). The second-order valence-electron chi connectivity index (χ2n) is 7.18. The molecule has 1 aromatic rings. The summed E-state index contributed by atoms with van der Waals surface area (Å²) in [5, 5.41) is 2.69. The second-order valence-corrected chi connectivity index (χ2v) is 11.3. The number of hydrogen-bond donors (Lipinski definition) is 1. The number of amides is 1. The molecule has 150 valence electrons. The van der Waals surface area contributed by atoms with Gasteiger partial charge in [-0.15, -0.1) is 0 Å². The maximum Gasteiger partial charge on any atom is 0.251 e. The molecule has 1 aromatic carbocycles. The summed E-state index contributed by atoms with van der Waals surface area (Å²) in [6.45, 7) is 4.22. The van der Waals surface area contributed by atoms with Crippen LogP contribution >= 0.6 is 0 Å². The van der Waals surface area contributed by atoms with Crippen LogP contribution in [0.3, 0.4) is 0 Å². The van der Waals surface area contributed by atoms with Crippen molar-refractivity contribution in [3.05, 3.63) is 29.8 Å². The average Bonchev–Trinajstić information content (AvgIpc) is 2.92. The van der Waals surface area contributed by atoms with Crippen LogP contribution in [0, 0.1) is 0 Å². The number of benzene rings is 1. The zero-order valence-corrected chi connectivity index (χ0v) is 16.9. The third-order valence-corrected chi connectivity index (χ3v) is 8.32. The Balaban J connectivity index is 1.70. The van der Waals surface area contributed by atoms with Gasteiger partial charge in [0, 0.05) is 24.7 Å². The first-order valence-corrected chi connectivity index (χ1v) is 12.1. The molecule has 2 aliphatic rings. The number of sulfonamides is 1. The first kappa shape index (κ1) is 20.2. The molecule has 0 unspecified atom stereocenters. The van der Waals surface area contributed by atoms with Gasteiger partial charge >= 0.3 is 0 Å². The Bertz CT molecular complexity index is 901. The largest absolute Gasteiger partial charge is 0.373 e. The van der Waals surface area contributed by atoms with E-state index in [2.05, 4.69) is 5.32 Å². The lowest BCUT2D eigenvalue weighted by atomic mass is 10.2. The molecule has 1 N–H and O–H groups in total. The summed E-state index contributed by atoms with van der Waals surface area (Å²) in [5.41, 5.74) is 0.293. The van der Waals surface area contributed by atoms with Crippen molar-refractivity contribution >= 4 is 25.8 Å². The summed E-state index contributed by atoms with van der Waals surface area (Å²) in [4.78, 5) is 12.4. The van der Waals surface area contributed by atoms with Crippen LogP contribution < -0.4 is 5.32 Å². The van der Waals surface area contributed by atoms with Gasteiger partial charge < -0.3 is 10.1 Å². The van der Waals surface area contributed by atoms with Crippen molar-refractivity contribution in [3.8, 4) is 0 Å². The van der Waals surface area contributed by atoms with Gasteiger partial charge in [-0.25, -0.2) is 16.8 Å². The molecule has 0 aromatic heterocycles. The molecular formula is C17H24N2O6S2. The number of carbonyl (C=O) groups is 1. The Hall–Kier alpha value is -1.49. The van der Waals surface area contributed by atoms with Crippen molar-refractivity contribution in [2.75, 3.05) is 24.6 Å². The molecule has 2 heterocycles. The fraction of sp³-hybridized carbons (Fsp3) is 0.588. The van der Waals surface area contributed by atoms with Gasteiger partial charge in [0.15, 0.2) is 9.84 Å². The van der Waals surface area contributed by atoms with Crippen molar-refractivity contribution in [2.45, 2.75) is 43.4 Å². The van der Waals surface area contributed by atoms with Crippen LogP contribution in [0.15, 0.2) is 29.2 Å². The van der Waals surface area contributed by atoms with Gasteiger partial charge in [0.2, 0.25) is 10.0 Å². The molecule has 3 atom stereocenters. The molecule has 0 spiro atoms. The van der Waals surface area contributed by atoms with E-state index >= 15 is 0 Å². The number of ether oxygens (including phenoxy) is 1. The van der Waals surface area contributed by atoms with Crippen molar-refractivity contribution < 1.29 is 26.4 Å². The molecule has 2 fully saturated rings. The molecule has 0 aliphatic carbocycles. The highest BCUT2D eigenvalue weighted by molar-refractivity contribution is 7.91. The maximum atomic E-state index is 12.8. The van der Waals surface area contributed by atoms with Gasteiger partial charge in [0.05, 0.1) is 28.6 Å². The quantitative estimate of drug-likeness (QED) is 0.761. The lowest BCUT2D eigenvalue weighted by Gasteiger charge is -2.34. The predicted octanol–water partition coefficient (Wildman–Crippen LogP) is 0.401. The van der Waals surface area contributed by atoms with Crippen molar-refractivity contribution in [3.63, 3.8) is 0 Å². The highest BCUT2D eigenvalue weighted by Gasteiger charge is 2.32. The van der Waals surface area contributed by atoms with Crippen LogP contribution in [0.2, 0.25) is 0 Å². The number of nitrogens with zero attached hydrogens (tertiary/aromatic N) is 1. The molecule has 0 bridgehead atoms. The summed E-state index contributed by atoms with van der Waals surface area (Å²) in [7, 11) is -6.75. The minimum Gasteiger partial charge on any atom is -0.373 e. The zero-order chi connectivity index (χ0) is 19.8. The first-order valence-electron chi connectivity index (χ1n) is 8.84. The number of sulfone groups is 1. The van der Waals surface area contributed by atoms with Gasteiger partial charge in [0.1, 0.15) is 0 Å². The van der Waals surface area contributed by atoms with E-state index in [0.717, 1.165) is 0 Å². The molecular weight excluding hydrogens is 392 g/mol. The monoisotopic (exact) mass is 416 g/mol. The Morgan fingerprint density at radius 1 is 1.15 bits per heavy atom. The average molecular weight is 417 g/mol. The fourth-order valence-corrected chi connectivity index (χ4v) is 6.70. The van der Waals surface area contributed by atoms with Crippen LogP contribution in [0.5, 0.6) is 0 Å². The number of nitrogens with one attached hydrogen (secondary N) is 1. The zero-order valence-electron chi connectivity index (χ0n) is 15.3. The molecule has 2 saturated heterocycles. The Morgan fingerprint density at radius 3 is 2.26 bits per heavy atom. The van der Waals surface area contributed by atoms with Gasteiger partial charge in [-0.2, -0.15) is 4.31 Å². The Labute approximate surface area is 159 Å². The molecule has 8 nitrogen and oxygen atoms in total. The third-order valence-electron chi connectivity index (χ3n) is 4.71. The van der Waals surface area contributed by atoms with E-state index in [1.165, 1.54) is 28.6 Å². The third kappa shape index (κ3) is 4.68. The molecule has 2 aliphatic heterocycles. The van der Waals surface area contributed by atoms with Crippen LogP contribution in [-0.2, 0) is 24.6 Å². The fourth-order valence-electron chi connectivity index (χ4n) is 3.43. The normalized spacial score (nSPS) is 28.7. The Kier molecular flexibility index (Phi) is 5.62. The van der Waals surface area contributed by atoms with Gasteiger partial charge in [-0.05, 0) is 44.5 Å². The standard InChI is InChI=1S/C17H24N2O6S2/c1-12-9-19(10-13(2)25-12)27(23,24)16-5-3-14(4-6-16)17(20)18-15-7-8-26(21,22)11-15/h3-6,12-13,15H,7-11H2,1-2H3,(H,18,20)/t12-,13+,15-/m0/s1. The summed E-state index contributed by atoms with van der Waals surface area (Å²) < 4.78 is 55.6. The number of rotatable bonds is 4. The van der Waals surface area contributed by atoms with Gasteiger partial charge in [0.25, 0.3) is 5.91 Å². The van der Waals surface area contributed by atoms with Gasteiger partial charge in [-0.3, -0.25) is 4.79 Å². The second kappa shape index (κ2) is 7.50. The van der Waals surface area contributed by atoms with E-state index in [4.69, 9.17) is 4.74 Å². The van der Waals surface area contributed by atoms with Crippen LogP contribution in [0.25, 0.3) is 0 Å². The molecule has 0 saturated carbocycles. The van der Waals surface area contributed by atoms with Crippen molar-refractivity contribution in [2.24, 2.45) is 0 Å². The first-order chi connectivity index (χ1) is 12.6. The summed E-state index contributed by atoms with van der Waals surface area (Å²) in [6, 6.07) is 5.29. The lowest BCUT2D eigenvalue weighted by Crippen LogP contribution is -2.48. The van der Waals surface area contributed by atoms with Crippen LogP contribution in [0.4, 0.5) is 0 Å². The summed E-state index contributed by atoms with van der Waals surface area (Å²) in [5.74, 6) is -0.390. The maximum absolute atomic E-state index is 12.8. The predicted molar refractivity (Wildman–Crippen MR) is 99.7 cm³/mol. The Morgan fingerprint density at radius 2 is 1.74 bits per heavy atom. The minimum absolute atomic E-state index is 0.0569. The topological polar surface area (TPSA) is 110 Å². The van der Waals surface area contributed by atoms with E-state index in [1.807, 2.05) is 13.8 Å². The van der Waals surface area contributed by atoms with E-state index in [0.29, 0.717) is 12.0 Å². The molecule has 27 heavy (non-hydrogen) atoms. The lowest BCUT2D eigenvalue weighted by molar-refractivity contribution is -0.0440.